The molecule has 0 fully saturated rings. The maximum atomic E-state index is 13.9. The lowest BCUT2D eigenvalue weighted by atomic mass is 9.95. The van der Waals surface area contributed by atoms with Crippen LogP contribution in [0.25, 0.3) is 0 Å². The molecule has 94 valence electrons. The van der Waals surface area contributed by atoms with Gasteiger partial charge in [0, 0.05) is 5.56 Å². The molecule has 0 atom stereocenters. The van der Waals surface area contributed by atoms with Gasteiger partial charge >= 0.3 is 0 Å². The Morgan fingerprint density at radius 3 is 2.42 bits per heavy atom. The lowest BCUT2D eigenvalue weighted by Gasteiger charge is -2.12. The molecule has 0 aromatic heterocycles. The van der Waals surface area contributed by atoms with Crippen LogP contribution in [0.3, 0.4) is 0 Å². The molecule has 2 aromatic rings. The van der Waals surface area contributed by atoms with Gasteiger partial charge in [-0.2, -0.15) is 0 Å². The SMILES string of the molecule is O=[N+]1Cc2c(F)ccc(F)c2C(c2ccccc2)=N1. The van der Waals surface area contributed by atoms with E-state index in [9.17, 15) is 13.7 Å². The van der Waals surface area contributed by atoms with Crippen LogP contribution in [0.4, 0.5) is 8.78 Å². The molecule has 0 saturated carbocycles. The van der Waals surface area contributed by atoms with Crippen molar-refractivity contribution in [2.24, 2.45) is 5.10 Å². The van der Waals surface area contributed by atoms with Crippen molar-refractivity contribution in [1.29, 1.82) is 0 Å². The van der Waals surface area contributed by atoms with Crippen molar-refractivity contribution in [2.45, 2.75) is 6.54 Å². The van der Waals surface area contributed by atoms with Gasteiger partial charge < -0.3 is 0 Å². The first-order chi connectivity index (χ1) is 9.16. The standard InChI is InChI=1S/C14H9F2N2O/c15-11-6-7-12(16)13-10(11)8-18(19)17-14(13)9-4-2-1-3-5-9/h1-7H,8H2/q+1. The van der Waals surface area contributed by atoms with Crippen molar-refractivity contribution in [1.82, 2.24) is 0 Å². The molecule has 0 aliphatic carbocycles. The highest BCUT2D eigenvalue weighted by atomic mass is 19.1. The molecule has 2 aromatic carbocycles. The van der Waals surface area contributed by atoms with Crippen molar-refractivity contribution >= 4 is 5.71 Å². The number of hydrogen-bond donors (Lipinski definition) is 0. The summed E-state index contributed by atoms with van der Waals surface area (Å²) in [6, 6.07) is 10.8. The normalized spacial score (nSPS) is 14.0. The van der Waals surface area contributed by atoms with Gasteiger partial charge in [0.15, 0.2) is 10.6 Å². The second-order valence-corrected chi connectivity index (χ2v) is 4.21. The molecule has 0 N–H and O–H groups in total. The average Bonchev–Trinajstić information content (AvgIpc) is 2.43. The Kier molecular flexibility index (Phi) is 2.67. The lowest BCUT2D eigenvalue weighted by molar-refractivity contribution is -0.571. The van der Waals surface area contributed by atoms with Crippen LogP contribution in [0.1, 0.15) is 16.7 Å². The monoisotopic (exact) mass is 259 g/mol. The van der Waals surface area contributed by atoms with Gasteiger partial charge in [0.05, 0.1) is 21.1 Å². The van der Waals surface area contributed by atoms with Crippen LogP contribution in [0.5, 0.6) is 0 Å². The Bertz CT molecular complexity index is 696. The molecular formula is C14H9F2N2O+. The number of rotatable bonds is 1. The van der Waals surface area contributed by atoms with Crippen LogP contribution in [0.2, 0.25) is 0 Å². The molecule has 0 amide bonds. The van der Waals surface area contributed by atoms with E-state index in [2.05, 4.69) is 5.10 Å². The third-order valence-electron chi connectivity index (χ3n) is 2.99. The van der Waals surface area contributed by atoms with E-state index in [1.54, 1.807) is 30.3 Å². The Morgan fingerprint density at radius 2 is 1.68 bits per heavy atom. The van der Waals surface area contributed by atoms with Crippen LogP contribution >= 0.6 is 0 Å². The minimum atomic E-state index is -0.597. The van der Waals surface area contributed by atoms with Gasteiger partial charge in [-0.15, -0.1) is 0 Å². The van der Waals surface area contributed by atoms with Crippen molar-refractivity contribution in [2.75, 3.05) is 0 Å². The predicted octanol–water partition coefficient (Wildman–Crippen LogP) is 3.01. The zero-order valence-corrected chi connectivity index (χ0v) is 9.81. The molecule has 1 aliphatic heterocycles. The van der Waals surface area contributed by atoms with Crippen LogP contribution in [0.15, 0.2) is 47.6 Å². The summed E-state index contributed by atoms with van der Waals surface area (Å²) in [7, 11) is 0. The molecule has 0 unspecified atom stereocenters. The molecule has 0 saturated heterocycles. The fourth-order valence-electron chi connectivity index (χ4n) is 2.13. The minimum Gasteiger partial charge on any atom is -0.206 e. The van der Waals surface area contributed by atoms with Gasteiger partial charge in [-0.1, -0.05) is 30.3 Å². The zero-order chi connectivity index (χ0) is 13.4. The van der Waals surface area contributed by atoms with E-state index in [1.165, 1.54) is 0 Å². The van der Waals surface area contributed by atoms with E-state index in [0.717, 1.165) is 12.1 Å². The number of halogens is 2. The molecule has 19 heavy (non-hydrogen) atoms. The first-order valence-electron chi connectivity index (χ1n) is 5.73. The Labute approximate surface area is 107 Å². The minimum absolute atomic E-state index is 0.0452. The van der Waals surface area contributed by atoms with Gasteiger partial charge in [-0.25, -0.2) is 8.78 Å². The maximum Gasteiger partial charge on any atom is 0.256 e. The highest BCUT2D eigenvalue weighted by Crippen LogP contribution is 2.25. The summed E-state index contributed by atoms with van der Waals surface area (Å²) in [5.41, 5.74) is 0.852. The molecule has 0 spiro atoms. The molecule has 1 heterocycles. The van der Waals surface area contributed by atoms with Crippen molar-refractivity contribution in [3.63, 3.8) is 0 Å². The van der Waals surface area contributed by atoms with Gasteiger partial charge in [0.25, 0.3) is 6.54 Å². The number of hydrogen-bond acceptors (Lipinski definition) is 1. The number of nitrogens with zero attached hydrogens (tertiary/aromatic N) is 2. The number of hydrazone groups is 1. The zero-order valence-electron chi connectivity index (χ0n) is 9.81. The van der Waals surface area contributed by atoms with Crippen molar-refractivity contribution < 1.29 is 13.6 Å². The van der Waals surface area contributed by atoms with Crippen LogP contribution in [-0.2, 0) is 6.54 Å². The second-order valence-electron chi connectivity index (χ2n) is 4.21. The average molecular weight is 259 g/mol. The largest absolute Gasteiger partial charge is 0.256 e. The Hall–Kier alpha value is -2.43. The smallest absolute Gasteiger partial charge is 0.206 e. The van der Waals surface area contributed by atoms with Gasteiger partial charge in [-0.3, -0.25) is 0 Å². The highest BCUT2D eigenvalue weighted by Gasteiger charge is 2.31. The molecule has 3 nitrogen and oxygen atoms in total. The predicted molar refractivity (Wildman–Crippen MR) is 65.8 cm³/mol. The first-order valence-corrected chi connectivity index (χ1v) is 5.73. The van der Waals surface area contributed by atoms with Crippen LogP contribution in [0, 0.1) is 16.5 Å². The van der Waals surface area contributed by atoms with E-state index in [1.807, 2.05) is 0 Å². The van der Waals surface area contributed by atoms with E-state index in [4.69, 9.17) is 0 Å². The van der Waals surface area contributed by atoms with Crippen molar-refractivity contribution in [3.8, 4) is 0 Å². The number of benzene rings is 2. The molecule has 0 bridgehead atoms. The van der Waals surface area contributed by atoms with Gasteiger partial charge in [0.2, 0.25) is 0 Å². The molecule has 0 radical (unpaired) electrons. The van der Waals surface area contributed by atoms with Gasteiger partial charge in [-0.05, 0) is 12.1 Å². The number of nitroso groups, excluding NO2 is 1. The number of fused-ring (bicyclic) bond motifs is 1. The Balaban J connectivity index is 2.28. The van der Waals surface area contributed by atoms with E-state index >= 15 is 0 Å². The fourth-order valence-corrected chi connectivity index (χ4v) is 2.13. The summed E-state index contributed by atoms with van der Waals surface area (Å²) < 4.78 is 27.7. The third-order valence-corrected chi connectivity index (χ3v) is 2.99. The molecule has 5 heteroatoms. The first kappa shape index (κ1) is 11.6. The van der Waals surface area contributed by atoms with Crippen LogP contribution in [-0.4, -0.2) is 10.6 Å². The quantitative estimate of drug-likeness (QED) is 0.724. The second kappa shape index (κ2) is 4.35. The third kappa shape index (κ3) is 1.93. The van der Waals surface area contributed by atoms with E-state index < -0.39 is 11.6 Å². The van der Waals surface area contributed by atoms with Crippen molar-refractivity contribution in [3.05, 3.63) is 75.7 Å². The summed E-state index contributed by atoms with van der Waals surface area (Å²) in [6.45, 7) is -0.282. The molecule has 1 aliphatic rings. The summed E-state index contributed by atoms with van der Waals surface area (Å²) in [5, 5.41) is 3.78. The summed E-state index contributed by atoms with van der Waals surface area (Å²) >= 11 is 0. The summed E-state index contributed by atoms with van der Waals surface area (Å²) in [6.07, 6.45) is 0. The van der Waals surface area contributed by atoms with Gasteiger partial charge in [0.1, 0.15) is 11.6 Å². The van der Waals surface area contributed by atoms with Crippen LogP contribution < -0.4 is 0 Å². The summed E-state index contributed by atoms with van der Waals surface area (Å²) in [5.74, 6) is -1.17. The lowest BCUT2D eigenvalue weighted by Crippen LogP contribution is -2.21. The van der Waals surface area contributed by atoms with E-state index in [0.29, 0.717) is 10.4 Å². The maximum absolute atomic E-state index is 13.9. The molecule has 3 rings (SSSR count). The Morgan fingerprint density at radius 1 is 1.00 bits per heavy atom. The summed E-state index contributed by atoms with van der Waals surface area (Å²) in [4.78, 5) is 11.9. The molecular weight excluding hydrogens is 250 g/mol. The fraction of sp³-hybridized carbons (Fsp3) is 0.0714. The van der Waals surface area contributed by atoms with E-state index in [-0.39, 0.29) is 23.4 Å². The highest BCUT2D eigenvalue weighted by molar-refractivity contribution is 6.13. The topological polar surface area (TPSA) is 32.4 Å².